The third-order valence-electron chi connectivity index (χ3n) is 4.10. The SMILES string of the molecule is CNc1ncc(Br)c(NCC2(CC(C)C)CCCC2)n1. The normalized spacial score (nSPS) is 17.4. The molecule has 0 amide bonds. The molecule has 20 heavy (non-hydrogen) atoms. The zero-order chi connectivity index (χ0) is 14.6. The second-order valence-electron chi connectivity index (χ2n) is 6.30. The van der Waals surface area contributed by atoms with Gasteiger partial charge in [-0.25, -0.2) is 4.98 Å². The molecule has 4 nitrogen and oxygen atoms in total. The van der Waals surface area contributed by atoms with Gasteiger partial charge in [-0.05, 0) is 46.5 Å². The molecule has 1 aromatic heterocycles. The molecule has 1 aliphatic rings. The summed E-state index contributed by atoms with van der Waals surface area (Å²) < 4.78 is 0.925. The molecular weight excluding hydrogens is 316 g/mol. The molecule has 1 saturated carbocycles. The van der Waals surface area contributed by atoms with Crippen molar-refractivity contribution >= 4 is 27.7 Å². The Kier molecular flexibility index (Phi) is 5.24. The van der Waals surface area contributed by atoms with E-state index < -0.39 is 0 Å². The van der Waals surface area contributed by atoms with E-state index in [1.54, 1.807) is 6.20 Å². The topological polar surface area (TPSA) is 49.8 Å². The van der Waals surface area contributed by atoms with Crippen molar-refractivity contribution in [3.05, 3.63) is 10.7 Å². The molecule has 0 bridgehead atoms. The monoisotopic (exact) mass is 340 g/mol. The maximum atomic E-state index is 4.48. The average Bonchev–Trinajstić information content (AvgIpc) is 2.86. The van der Waals surface area contributed by atoms with Crippen molar-refractivity contribution in [1.82, 2.24) is 9.97 Å². The van der Waals surface area contributed by atoms with Crippen LogP contribution in [-0.2, 0) is 0 Å². The van der Waals surface area contributed by atoms with E-state index in [9.17, 15) is 0 Å². The number of halogens is 1. The van der Waals surface area contributed by atoms with Crippen LogP contribution in [0.4, 0.5) is 11.8 Å². The minimum absolute atomic E-state index is 0.443. The fraction of sp³-hybridized carbons (Fsp3) is 0.733. The number of anilines is 2. The van der Waals surface area contributed by atoms with Crippen molar-refractivity contribution in [2.45, 2.75) is 46.0 Å². The molecule has 1 heterocycles. The lowest BCUT2D eigenvalue weighted by molar-refractivity contribution is 0.252. The van der Waals surface area contributed by atoms with Gasteiger partial charge in [0.1, 0.15) is 5.82 Å². The number of nitrogens with one attached hydrogen (secondary N) is 2. The Bertz CT molecular complexity index is 441. The van der Waals surface area contributed by atoms with Gasteiger partial charge in [-0.3, -0.25) is 0 Å². The van der Waals surface area contributed by atoms with E-state index in [0.29, 0.717) is 11.4 Å². The molecule has 0 aliphatic heterocycles. The molecule has 5 heteroatoms. The minimum atomic E-state index is 0.443. The lowest BCUT2D eigenvalue weighted by atomic mass is 9.78. The Labute approximate surface area is 130 Å². The molecule has 0 saturated heterocycles. The first kappa shape index (κ1) is 15.5. The van der Waals surface area contributed by atoms with Gasteiger partial charge in [0.15, 0.2) is 0 Å². The highest BCUT2D eigenvalue weighted by Gasteiger charge is 2.34. The Balaban J connectivity index is 2.06. The first-order valence-corrected chi connectivity index (χ1v) is 8.28. The van der Waals surface area contributed by atoms with Gasteiger partial charge in [0.25, 0.3) is 0 Å². The summed E-state index contributed by atoms with van der Waals surface area (Å²) in [7, 11) is 1.84. The quantitative estimate of drug-likeness (QED) is 0.810. The van der Waals surface area contributed by atoms with Crippen LogP contribution >= 0.6 is 15.9 Å². The Hall–Kier alpha value is -0.840. The summed E-state index contributed by atoms with van der Waals surface area (Å²) in [4.78, 5) is 8.68. The first-order chi connectivity index (χ1) is 9.54. The van der Waals surface area contributed by atoms with Gasteiger partial charge in [-0.15, -0.1) is 0 Å². The Morgan fingerprint density at radius 3 is 2.65 bits per heavy atom. The summed E-state index contributed by atoms with van der Waals surface area (Å²) in [6.07, 6.45) is 8.48. The van der Waals surface area contributed by atoms with Crippen molar-refractivity contribution in [2.75, 3.05) is 24.2 Å². The van der Waals surface area contributed by atoms with Crippen molar-refractivity contribution in [3.63, 3.8) is 0 Å². The number of rotatable bonds is 6. The van der Waals surface area contributed by atoms with Crippen LogP contribution in [-0.4, -0.2) is 23.6 Å². The maximum Gasteiger partial charge on any atom is 0.224 e. The summed E-state index contributed by atoms with van der Waals surface area (Å²) >= 11 is 3.52. The highest BCUT2D eigenvalue weighted by molar-refractivity contribution is 9.10. The van der Waals surface area contributed by atoms with Gasteiger partial charge in [0, 0.05) is 19.8 Å². The standard InChI is InChI=1S/C15H25BrN4/c1-11(2)8-15(6-4-5-7-15)10-19-13-12(16)9-18-14(17-3)20-13/h9,11H,4-8,10H2,1-3H3,(H2,17,18,19,20). The van der Waals surface area contributed by atoms with E-state index in [1.807, 2.05) is 7.05 Å². The van der Waals surface area contributed by atoms with Crippen LogP contribution in [0.2, 0.25) is 0 Å². The lowest BCUT2D eigenvalue weighted by Gasteiger charge is -2.31. The number of nitrogens with zero attached hydrogens (tertiary/aromatic N) is 2. The first-order valence-electron chi connectivity index (χ1n) is 7.49. The van der Waals surface area contributed by atoms with E-state index in [2.05, 4.69) is 50.4 Å². The molecule has 0 atom stereocenters. The largest absolute Gasteiger partial charge is 0.368 e. The second-order valence-corrected chi connectivity index (χ2v) is 7.15. The number of hydrogen-bond donors (Lipinski definition) is 2. The average molecular weight is 341 g/mol. The van der Waals surface area contributed by atoms with Crippen molar-refractivity contribution in [3.8, 4) is 0 Å². The van der Waals surface area contributed by atoms with E-state index in [0.717, 1.165) is 22.8 Å². The predicted molar refractivity (Wildman–Crippen MR) is 88.1 cm³/mol. The van der Waals surface area contributed by atoms with Gasteiger partial charge in [-0.1, -0.05) is 26.7 Å². The van der Waals surface area contributed by atoms with E-state index in [1.165, 1.54) is 32.1 Å². The van der Waals surface area contributed by atoms with Gasteiger partial charge < -0.3 is 10.6 Å². The van der Waals surface area contributed by atoms with E-state index in [4.69, 9.17) is 0 Å². The Morgan fingerprint density at radius 2 is 2.05 bits per heavy atom. The summed E-state index contributed by atoms with van der Waals surface area (Å²) in [5, 5.41) is 6.52. The van der Waals surface area contributed by atoms with Crippen LogP contribution in [0, 0.1) is 11.3 Å². The molecule has 0 unspecified atom stereocenters. The maximum absolute atomic E-state index is 4.48. The fourth-order valence-corrected chi connectivity index (χ4v) is 3.66. The molecule has 1 fully saturated rings. The van der Waals surface area contributed by atoms with E-state index in [-0.39, 0.29) is 0 Å². The van der Waals surface area contributed by atoms with Crippen molar-refractivity contribution < 1.29 is 0 Å². The molecule has 2 N–H and O–H groups in total. The van der Waals surface area contributed by atoms with Crippen LogP contribution in [0.15, 0.2) is 10.7 Å². The number of aromatic nitrogens is 2. The van der Waals surface area contributed by atoms with Crippen LogP contribution in [0.1, 0.15) is 46.0 Å². The van der Waals surface area contributed by atoms with Gasteiger partial charge in [-0.2, -0.15) is 4.98 Å². The highest BCUT2D eigenvalue weighted by atomic mass is 79.9. The third kappa shape index (κ3) is 3.84. The molecule has 0 radical (unpaired) electrons. The van der Waals surface area contributed by atoms with E-state index >= 15 is 0 Å². The van der Waals surface area contributed by atoms with Crippen LogP contribution < -0.4 is 10.6 Å². The molecule has 2 rings (SSSR count). The molecule has 1 aromatic rings. The Morgan fingerprint density at radius 1 is 1.35 bits per heavy atom. The zero-order valence-corrected chi connectivity index (χ0v) is 14.3. The van der Waals surface area contributed by atoms with Crippen molar-refractivity contribution in [1.29, 1.82) is 0 Å². The van der Waals surface area contributed by atoms with Gasteiger partial charge >= 0.3 is 0 Å². The highest BCUT2D eigenvalue weighted by Crippen LogP contribution is 2.43. The van der Waals surface area contributed by atoms with Crippen LogP contribution in [0.3, 0.4) is 0 Å². The molecule has 0 aromatic carbocycles. The molecule has 112 valence electrons. The summed E-state index contributed by atoms with van der Waals surface area (Å²) in [5.74, 6) is 2.29. The molecular formula is C15H25BrN4. The number of hydrogen-bond acceptors (Lipinski definition) is 4. The summed E-state index contributed by atoms with van der Waals surface area (Å²) in [6.45, 7) is 5.64. The van der Waals surface area contributed by atoms with Crippen molar-refractivity contribution in [2.24, 2.45) is 11.3 Å². The second kappa shape index (κ2) is 6.74. The smallest absolute Gasteiger partial charge is 0.224 e. The van der Waals surface area contributed by atoms with Crippen LogP contribution in [0.5, 0.6) is 0 Å². The zero-order valence-electron chi connectivity index (χ0n) is 12.7. The fourth-order valence-electron chi connectivity index (χ4n) is 3.33. The third-order valence-corrected chi connectivity index (χ3v) is 4.68. The summed E-state index contributed by atoms with van der Waals surface area (Å²) in [6, 6.07) is 0. The van der Waals surface area contributed by atoms with Gasteiger partial charge in [0.2, 0.25) is 5.95 Å². The van der Waals surface area contributed by atoms with Gasteiger partial charge in [0.05, 0.1) is 4.47 Å². The molecule has 0 spiro atoms. The summed E-state index contributed by atoms with van der Waals surface area (Å²) in [5.41, 5.74) is 0.443. The lowest BCUT2D eigenvalue weighted by Crippen LogP contribution is -2.29. The minimum Gasteiger partial charge on any atom is -0.368 e. The molecule has 1 aliphatic carbocycles. The predicted octanol–water partition coefficient (Wildman–Crippen LogP) is 4.30. The van der Waals surface area contributed by atoms with Crippen LogP contribution in [0.25, 0.3) is 0 Å².